The number of hydrogen-bond acceptors (Lipinski definition) is 6. The fourth-order valence-corrected chi connectivity index (χ4v) is 4.34. The Balaban J connectivity index is 1.81. The summed E-state index contributed by atoms with van der Waals surface area (Å²) in [6.45, 7) is 1.62. The smallest absolute Gasteiger partial charge is 0.416 e. The Morgan fingerprint density at radius 2 is 1.37 bits per heavy atom. The molecule has 0 aliphatic carbocycles. The number of rotatable bonds is 9. The highest BCUT2D eigenvalue weighted by Gasteiger charge is 2.37. The van der Waals surface area contributed by atoms with E-state index in [1.807, 2.05) is 0 Å². The number of carbonyl (C=O) groups excluding carboxylic acids is 1. The largest absolute Gasteiger partial charge is 0.433 e. The molecule has 3 rings (SSSR count). The van der Waals surface area contributed by atoms with Gasteiger partial charge >= 0.3 is 7.60 Å². The number of carbonyl (C=O) groups is 1. The van der Waals surface area contributed by atoms with Crippen molar-refractivity contribution in [1.29, 1.82) is 0 Å². The van der Waals surface area contributed by atoms with E-state index in [0.29, 0.717) is 17.1 Å². The summed E-state index contributed by atoms with van der Waals surface area (Å²) in [6.07, 6.45) is -0.116. The van der Waals surface area contributed by atoms with Gasteiger partial charge in [-0.25, -0.2) is 4.57 Å². The minimum Gasteiger partial charge on any atom is -0.416 e. The van der Waals surface area contributed by atoms with Crippen LogP contribution >= 0.6 is 7.60 Å². The van der Waals surface area contributed by atoms with Crippen LogP contribution < -0.4 is 9.05 Å². The van der Waals surface area contributed by atoms with Crippen molar-refractivity contribution < 1.29 is 23.3 Å². The highest BCUT2D eigenvalue weighted by atomic mass is 31.2. The summed E-state index contributed by atoms with van der Waals surface area (Å²) in [5.74, 6) is 0.420. The lowest BCUT2D eigenvalue weighted by molar-refractivity contribution is -0.384. The Bertz CT molecular complexity index is 1010. The maximum atomic E-state index is 13.7. The average Bonchev–Trinajstić information content (AvgIpc) is 2.75. The number of benzene rings is 3. The van der Waals surface area contributed by atoms with Crippen molar-refractivity contribution in [1.82, 2.24) is 0 Å². The van der Waals surface area contributed by atoms with Gasteiger partial charge < -0.3 is 9.05 Å². The van der Waals surface area contributed by atoms with Gasteiger partial charge in [-0.2, -0.15) is 0 Å². The minimum atomic E-state index is -3.78. The molecule has 3 aromatic carbocycles. The van der Waals surface area contributed by atoms with Crippen molar-refractivity contribution in [2.75, 3.05) is 0 Å². The predicted molar refractivity (Wildman–Crippen MR) is 113 cm³/mol. The lowest BCUT2D eigenvalue weighted by atomic mass is 10.1. The third-order valence-electron chi connectivity index (χ3n) is 4.37. The second-order valence-electron chi connectivity index (χ2n) is 6.63. The van der Waals surface area contributed by atoms with Gasteiger partial charge in [0.25, 0.3) is 5.69 Å². The molecule has 30 heavy (non-hydrogen) atoms. The van der Waals surface area contributed by atoms with Crippen LogP contribution in [0.2, 0.25) is 0 Å². The molecule has 3 aromatic rings. The third-order valence-corrected chi connectivity index (χ3v) is 6.57. The molecule has 0 amide bonds. The molecule has 7 nitrogen and oxygen atoms in total. The summed E-state index contributed by atoms with van der Waals surface area (Å²) in [5, 5.41) is 10.8. The number of Topliss-reactive ketones (excluding diaryl/α,β-unsaturated/α-hetero) is 1. The van der Waals surface area contributed by atoms with Gasteiger partial charge in [-0.05, 0) is 43.3 Å². The number of para-hydroxylation sites is 2. The molecular formula is C22H20NO6P. The van der Waals surface area contributed by atoms with Crippen LogP contribution in [0, 0.1) is 10.1 Å². The third kappa shape index (κ3) is 5.33. The fraction of sp³-hybridized carbons (Fsp3) is 0.136. The molecule has 0 fully saturated rings. The summed E-state index contributed by atoms with van der Waals surface area (Å²) in [5.41, 5.74) is -0.580. The first-order valence-electron chi connectivity index (χ1n) is 9.24. The molecule has 0 saturated heterocycles. The summed E-state index contributed by atoms with van der Waals surface area (Å²) in [4.78, 5) is 22.9. The zero-order valence-corrected chi connectivity index (χ0v) is 17.1. The first kappa shape index (κ1) is 21.3. The van der Waals surface area contributed by atoms with Crippen molar-refractivity contribution in [2.45, 2.75) is 19.0 Å². The molecule has 0 aliphatic heterocycles. The highest BCUT2D eigenvalue weighted by Crippen LogP contribution is 2.54. The van der Waals surface area contributed by atoms with Crippen LogP contribution in [0.5, 0.6) is 11.5 Å². The molecule has 8 heteroatoms. The highest BCUT2D eigenvalue weighted by molar-refractivity contribution is 7.55. The van der Waals surface area contributed by atoms with Crippen molar-refractivity contribution in [3.63, 3.8) is 0 Å². The molecule has 0 bridgehead atoms. The minimum absolute atomic E-state index is 0.106. The molecule has 154 valence electrons. The van der Waals surface area contributed by atoms with Crippen LogP contribution in [0.1, 0.15) is 23.7 Å². The lowest BCUT2D eigenvalue weighted by Gasteiger charge is -2.25. The van der Waals surface area contributed by atoms with E-state index in [0.717, 1.165) is 0 Å². The molecular weight excluding hydrogens is 405 g/mol. The van der Waals surface area contributed by atoms with E-state index < -0.39 is 18.2 Å². The SMILES string of the molecule is C[C@@H](CC(=O)c1ccc([N+](=O)[O-])cc1)P(=O)(Oc1ccccc1)Oc1ccccc1. The summed E-state index contributed by atoms with van der Waals surface area (Å²) >= 11 is 0. The zero-order chi connectivity index (χ0) is 21.6. The van der Waals surface area contributed by atoms with Crippen LogP contribution in [0.3, 0.4) is 0 Å². The molecule has 1 atom stereocenters. The van der Waals surface area contributed by atoms with Crippen LogP contribution in [-0.4, -0.2) is 16.4 Å². The summed E-state index contributed by atoms with van der Waals surface area (Å²) in [6, 6.07) is 22.5. The monoisotopic (exact) mass is 425 g/mol. The van der Waals surface area contributed by atoms with Crippen molar-refractivity contribution >= 4 is 19.1 Å². The Labute approximate surface area is 174 Å². The van der Waals surface area contributed by atoms with Crippen LogP contribution in [0.15, 0.2) is 84.9 Å². The Kier molecular flexibility index (Phi) is 6.65. The maximum Gasteiger partial charge on any atom is 0.433 e. The zero-order valence-electron chi connectivity index (χ0n) is 16.2. The van der Waals surface area contributed by atoms with Crippen molar-refractivity contribution in [2.24, 2.45) is 0 Å². The normalized spacial score (nSPS) is 12.0. The number of ketones is 1. The van der Waals surface area contributed by atoms with Crippen LogP contribution in [0.4, 0.5) is 5.69 Å². The van der Waals surface area contributed by atoms with Crippen LogP contribution in [-0.2, 0) is 4.57 Å². The van der Waals surface area contributed by atoms with E-state index in [-0.39, 0.29) is 17.9 Å². The molecule has 0 saturated carbocycles. The fourth-order valence-electron chi connectivity index (χ4n) is 2.72. The van der Waals surface area contributed by atoms with Gasteiger partial charge in [-0.1, -0.05) is 36.4 Å². The van der Waals surface area contributed by atoms with E-state index in [4.69, 9.17) is 9.05 Å². The van der Waals surface area contributed by atoms with Crippen LogP contribution in [0.25, 0.3) is 0 Å². The van der Waals surface area contributed by atoms with E-state index >= 15 is 0 Å². The maximum absolute atomic E-state index is 13.7. The lowest BCUT2D eigenvalue weighted by Crippen LogP contribution is -2.18. The molecule has 0 spiro atoms. The van der Waals surface area contributed by atoms with Gasteiger partial charge in [0, 0.05) is 24.1 Å². The Morgan fingerprint density at radius 3 is 1.80 bits per heavy atom. The average molecular weight is 425 g/mol. The van der Waals surface area contributed by atoms with Gasteiger partial charge in [-0.3, -0.25) is 14.9 Å². The molecule has 0 aromatic heterocycles. The van der Waals surface area contributed by atoms with Gasteiger partial charge in [0.15, 0.2) is 5.78 Å². The second-order valence-corrected chi connectivity index (χ2v) is 8.96. The van der Waals surface area contributed by atoms with E-state index in [2.05, 4.69) is 0 Å². The van der Waals surface area contributed by atoms with Gasteiger partial charge in [-0.15, -0.1) is 0 Å². The van der Waals surface area contributed by atoms with Gasteiger partial charge in [0.1, 0.15) is 11.5 Å². The van der Waals surface area contributed by atoms with E-state index in [1.54, 1.807) is 67.6 Å². The topological polar surface area (TPSA) is 95.7 Å². The molecule has 0 radical (unpaired) electrons. The van der Waals surface area contributed by atoms with Crippen molar-refractivity contribution in [3.8, 4) is 11.5 Å². The number of nitro groups is 1. The number of non-ortho nitro benzene ring substituents is 1. The number of nitrogens with zero attached hydrogens (tertiary/aromatic N) is 1. The number of hydrogen-bond donors (Lipinski definition) is 0. The van der Waals surface area contributed by atoms with Gasteiger partial charge in [0.2, 0.25) is 0 Å². The van der Waals surface area contributed by atoms with Crippen molar-refractivity contribution in [3.05, 3.63) is 101 Å². The first-order valence-corrected chi connectivity index (χ1v) is 10.9. The van der Waals surface area contributed by atoms with E-state index in [9.17, 15) is 19.5 Å². The second kappa shape index (κ2) is 9.37. The predicted octanol–water partition coefficient (Wildman–Crippen LogP) is 5.91. The Hall–Kier alpha value is -3.44. The quantitative estimate of drug-likeness (QED) is 0.183. The summed E-state index contributed by atoms with van der Waals surface area (Å²) in [7, 11) is -3.78. The summed E-state index contributed by atoms with van der Waals surface area (Å²) < 4.78 is 25.2. The standard InChI is InChI=1S/C22H20NO6P/c1-17(16-22(24)18-12-14-19(15-13-18)23(25)26)30(27,28-20-8-4-2-5-9-20)29-21-10-6-3-7-11-21/h2-15,17H,16H2,1H3/t17-/m0/s1. The Morgan fingerprint density at radius 1 is 0.900 bits per heavy atom. The molecule has 0 heterocycles. The first-order chi connectivity index (χ1) is 14.4. The number of nitro benzene ring substituents is 1. The molecule has 0 N–H and O–H groups in total. The van der Waals surface area contributed by atoms with E-state index in [1.165, 1.54) is 24.3 Å². The van der Waals surface area contributed by atoms with Gasteiger partial charge in [0.05, 0.1) is 10.6 Å². The molecule has 0 aliphatic rings. The molecule has 0 unspecified atom stereocenters.